The largest absolute Gasteiger partial charge is 0.312 e. The van der Waals surface area contributed by atoms with Crippen LogP contribution < -0.4 is 5.32 Å². The standard InChI is InChI=1S/C12H19NS/c1-8(2)12(13-3)11-7-9-5-4-6-10(9)14-11/h7-8,12-13H,4-6H2,1-3H3. The third-order valence-electron chi connectivity index (χ3n) is 3.05. The molecule has 1 aromatic heterocycles. The van der Waals surface area contributed by atoms with Gasteiger partial charge in [-0.1, -0.05) is 13.8 Å². The molecule has 2 rings (SSSR count). The lowest BCUT2D eigenvalue weighted by atomic mass is 10.0. The summed E-state index contributed by atoms with van der Waals surface area (Å²) in [5.74, 6) is 0.679. The van der Waals surface area contributed by atoms with E-state index in [0.29, 0.717) is 12.0 Å². The Balaban J connectivity index is 2.23. The van der Waals surface area contributed by atoms with Gasteiger partial charge in [-0.15, -0.1) is 11.3 Å². The number of fused-ring (bicyclic) bond motifs is 1. The molecule has 1 unspecified atom stereocenters. The summed E-state index contributed by atoms with van der Waals surface area (Å²) in [6, 6.07) is 2.97. The maximum absolute atomic E-state index is 3.42. The second kappa shape index (κ2) is 4.03. The Labute approximate surface area is 90.5 Å². The van der Waals surface area contributed by atoms with E-state index in [9.17, 15) is 0 Å². The van der Waals surface area contributed by atoms with E-state index in [2.05, 4.69) is 32.3 Å². The molecule has 1 aliphatic rings. The van der Waals surface area contributed by atoms with Gasteiger partial charge in [0.2, 0.25) is 0 Å². The van der Waals surface area contributed by atoms with Crippen LogP contribution in [0.4, 0.5) is 0 Å². The van der Waals surface area contributed by atoms with Gasteiger partial charge in [-0.05, 0) is 43.9 Å². The van der Waals surface area contributed by atoms with E-state index in [4.69, 9.17) is 0 Å². The van der Waals surface area contributed by atoms with Crippen molar-refractivity contribution in [2.24, 2.45) is 5.92 Å². The second-order valence-corrected chi connectivity index (χ2v) is 5.63. The van der Waals surface area contributed by atoms with Crippen LogP contribution in [-0.4, -0.2) is 7.05 Å². The summed E-state index contributed by atoms with van der Waals surface area (Å²) in [7, 11) is 2.06. The van der Waals surface area contributed by atoms with Crippen molar-refractivity contribution in [3.05, 3.63) is 21.4 Å². The van der Waals surface area contributed by atoms with Gasteiger partial charge in [0.05, 0.1) is 0 Å². The highest BCUT2D eigenvalue weighted by molar-refractivity contribution is 7.12. The molecular formula is C12H19NS. The maximum Gasteiger partial charge on any atom is 0.0435 e. The molecule has 78 valence electrons. The quantitative estimate of drug-likeness (QED) is 0.806. The molecule has 2 heteroatoms. The first kappa shape index (κ1) is 10.2. The minimum atomic E-state index is 0.547. The van der Waals surface area contributed by atoms with Crippen molar-refractivity contribution in [1.82, 2.24) is 5.32 Å². The molecule has 0 amide bonds. The molecule has 0 saturated carbocycles. The number of rotatable bonds is 3. The molecule has 14 heavy (non-hydrogen) atoms. The van der Waals surface area contributed by atoms with Gasteiger partial charge in [0.1, 0.15) is 0 Å². The van der Waals surface area contributed by atoms with E-state index in [-0.39, 0.29) is 0 Å². The van der Waals surface area contributed by atoms with Gasteiger partial charge in [-0.2, -0.15) is 0 Å². The van der Waals surface area contributed by atoms with Gasteiger partial charge in [-0.3, -0.25) is 0 Å². The Morgan fingerprint density at radius 2 is 2.14 bits per heavy atom. The van der Waals surface area contributed by atoms with Gasteiger partial charge < -0.3 is 5.32 Å². The first-order chi connectivity index (χ1) is 6.72. The number of aryl methyl sites for hydroxylation is 2. The monoisotopic (exact) mass is 209 g/mol. The van der Waals surface area contributed by atoms with Crippen LogP contribution in [0.5, 0.6) is 0 Å². The Morgan fingerprint density at radius 3 is 2.71 bits per heavy atom. The third kappa shape index (κ3) is 1.73. The minimum Gasteiger partial charge on any atom is -0.312 e. The normalized spacial score (nSPS) is 17.4. The second-order valence-electron chi connectivity index (χ2n) is 4.46. The number of thiophene rings is 1. The van der Waals surface area contributed by atoms with E-state index < -0.39 is 0 Å². The van der Waals surface area contributed by atoms with Crippen LogP contribution in [-0.2, 0) is 12.8 Å². The summed E-state index contributed by atoms with van der Waals surface area (Å²) in [6.07, 6.45) is 3.99. The first-order valence-electron chi connectivity index (χ1n) is 5.51. The van der Waals surface area contributed by atoms with Crippen LogP contribution in [0.3, 0.4) is 0 Å². The molecule has 1 heterocycles. The van der Waals surface area contributed by atoms with Crippen molar-refractivity contribution in [3.8, 4) is 0 Å². The summed E-state index contributed by atoms with van der Waals surface area (Å²) in [6.45, 7) is 4.57. The van der Waals surface area contributed by atoms with Crippen LogP contribution in [0.2, 0.25) is 0 Å². The van der Waals surface area contributed by atoms with Crippen molar-refractivity contribution in [1.29, 1.82) is 0 Å². The third-order valence-corrected chi connectivity index (χ3v) is 4.37. The van der Waals surface area contributed by atoms with E-state index >= 15 is 0 Å². The van der Waals surface area contributed by atoms with Gasteiger partial charge >= 0.3 is 0 Å². The number of hydrogen-bond acceptors (Lipinski definition) is 2. The molecule has 0 bridgehead atoms. The van der Waals surface area contributed by atoms with Gasteiger partial charge in [-0.25, -0.2) is 0 Å². The Kier molecular flexibility index (Phi) is 2.93. The molecule has 1 atom stereocenters. The van der Waals surface area contributed by atoms with Crippen molar-refractivity contribution < 1.29 is 0 Å². The smallest absolute Gasteiger partial charge is 0.0435 e. The van der Waals surface area contributed by atoms with Crippen molar-refractivity contribution >= 4 is 11.3 Å². The molecule has 0 radical (unpaired) electrons. The summed E-state index contributed by atoms with van der Waals surface area (Å²) in [5.41, 5.74) is 1.62. The summed E-state index contributed by atoms with van der Waals surface area (Å²) < 4.78 is 0. The molecule has 0 aromatic carbocycles. The molecular weight excluding hydrogens is 190 g/mol. The highest BCUT2D eigenvalue weighted by Crippen LogP contribution is 2.35. The van der Waals surface area contributed by atoms with Crippen LogP contribution in [0.1, 0.15) is 41.6 Å². The lowest BCUT2D eigenvalue weighted by Crippen LogP contribution is -2.20. The van der Waals surface area contributed by atoms with Crippen molar-refractivity contribution in [2.75, 3.05) is 7.05 Å². The number of nitrogens with one attached hydrogen (secondary N) is 1. The predicted octanol–water partition coefficient (Wildman–Crippen LogP) is 3.15. The van der Waals surface area contributed by atoms with E-state index in [1.807, 2.05) is 11.3 Å². The SMILES string of the molecule is CNC(c1cc2c(s1)CCC2)C(C)C. The fraction of sp³-hybridized carbons (Fsp3) is 0.667. The Hall–Kier alpha value is -0.340. The molecule has 0 fully saturated rings. The molecule has 0 aliphatic heterocycles. The van der Waals surface area contributed by atoms with Crippen LogP contribution in [0.25, 0.3) is 0 Å². The fourth-order valence-corrected chi connectivity index (χ4v) is 3.85. The number of hydrogen-bond donors (Lipinski definition) is 1. The van der Waals surface area contributed by atoms with Crippen molar-refractivity contribution in [2.45, 2.75) is 39.2 Å². The topological polar surface area (TPSA) is 12.0 Å². The first-order valence-corrected chi connectivity index (χ1v) is 6.32. The minimum absolute atomic E-state index is 0.547. The van der Waals surface area contributed by atoms with Crippen LogP contribution in [0.15, 0.2) is 6.07 Å². The Bertz CT molecular complexity index is 293. The van der Waals surface area contributed by atoms with Crippen LogP contribution >= 0.6 is 11.3 Å². The average Bonchev–Trinajstić information content (AvgIpc) is 2.63. The highest BCUT2D eigenvalue weighted by Gasteiger charge is 2.20. The fourth-order valence-electron chi connectivity index (χ4n) is 2.31. The summed E-state index contributed by atoms with van der Waals surface area (Å²) in [4.78, 5) is 3.17. The van der Waals surface area contributed by atoms with E-state index in [1.54, 1.807) is 10.4 Å². The van der Waals surface area contributed by atoms with Crippen molar-refractivity contribution in [3.63, 3.8) is 0 Å². The predicted molar refractivity (Wildman–Crippen MR) is 63.0 cm³/mol. The average molecular weight is 209 g/mol. The Morgan fingerprint density at radius 1 is 1.36 bits per heavy atom. The maximum atomic E-state index is 3.42. The summed E-state index contributed by atoms with van der Waals surface area (Å²) >= 11 is 2.02. The molecule has 1 aliphatic carbocycles. The molecule has 1 aromatic rings. The van der Waals surface area contributed by atoms with E-state index in [0.717, 1.165) is 0 Å². The zero-order valence-electron chi connectivity index (χ0n) is 9.26. The zero-order chi connectivity index (χ0) is 10.1. The molecule has 0 saturated heterocycles. The molecule has 0 spiro atoms. The van der Waals surface area contributed by atoms with Crippen LogP contribution in [0, 0.1) is 5.92 Å². The lowest BCUT2D eigenvalue weighted by molar-refractivity contribution is 0.449. The van der Waals surface area contributed by atoms with Gasteiger partial charge in [0.25, 0.3) is 0 Å². The molecule has 1 nitrogen and oxygen atoms in total. The van der Waals surface area contributed by atoms with Gasteiger partial charge in [0.15, 0.2) is 0 Å². The van der Waals surface area contributed by atoms with Gasteiger partial charge in [0, 0.05) is 15.8 Å². The molecule has 1 N–H and O–H groups in total. The lowest BCUT2D eigenvalue weighted by Gasteiger charge is -2.18. The highest BCUT2D eigenvalue weighted by atomic mass is 32.1. The summed E-state index contributed by atoms with van der Waals surface area (Å²) in [5, 5.41) is 3.42. The van der Waals surface area contributed by atoms with E-state index in [1.165, 1.54) is 24.1 Å². The zero-order valence-corrected chi connectivity index (χ0v) is 10.1.